The fourth-order valence-electron chi connectivity index (χ4n) is 7.32. The maximum Gasteiger partial charge on any atom is 0.247 e. The summed E-state index contributed by atoms with van der Waals surface area (Å²) in [5.74, 6) is 0.844. The van der Waals surface area contributed by atoms with Crippen LogP contribution in [0.2, 0.25) is 0 Å². The molecule has 0 bridgehead atoms. The van der Waals surface area contributed by atoms with Crippen LogP contribution in [0.15, 0.2) is 46.8 Å². The number of unbranched alkanes of at least 4 members (excludes halogenated alkanes) is 3. The van der Waals surface area contributed by atoms with E-state index in [-0.39, 0.29) is 18.3 Å². The average Bonchev–Trinajstić information content (AvgIpc) is 3.60. The molecule has 264 valence electrons. The van der Waals surface area contributed by atoms with Gasteiger partial charge < -0.3 is 28.4 Å². The third kappa shape index (κ3) is 14.0. The van der Waals surface area contributed by atoms with Crippen molar-refractivity contribution in [1.29, 1.82) is 0 Å². The minimum atomic E-state index is -1.02. The van der Waals surface area contributed by atoms with Crippen LogP contribution < -0.4 is 28.4 Å². The van der Waals surface area contributed by atoms with Crippen molar-refractivity contribution in [3.63, 3.8) is 0 Å². The normalized spacial score (nSPS) is 17.1. The van der Waals surface area contributed by atoms with Gasteiger partial charge in [0.25, 0.3) is 0 Å². The molecule has 3 N–H and O–H groups in total. The number of halogens is 1. The van der Waals surface area contributed by atoms with Crippen LogP contribution in [0.25, 0.3) is 0 Å². The summed E-state index contributed by atoms with van der Waals surface area (Å²) in [4.78, 5) is 20.4. The average molecular weight is 703 g/mol. The molecule has 0 unspecified atom stereocenters. The number of hydrogen-bond acceptors (Lipinski definition) is 3. The molecule has 2 saturated carbocycles. The first-order chi connectivity index (χ1) is 22.5. The van der Waals surface area contributed by atoms with Gasteiger partial charge in [0.05, 0.1) is 30.7 Å². The predicted molar refractivity (Wildman–Crippen MR) is 204 cm³/mol. The van der Waals surface area contributed by atoms with E-state index >= 15 is 0 Å². The Morgan fingerprint density at radius 3 is 2.00 bits per heavy atom. The molecule has 4 rings (SSSR count). The number of carbonyl (C=O) groups excluding carboxylic acids is 1. The first-order valence-corrected chi connectivity index (χ1v) is 22.3. The van der Waals surface area contributed by atoms with Crippen LogP contribution in [-0.4, -0.2) is 48.5 Å². The number of thiophene rings is 1. The number of nitrogens with one attached hydrogen (secondary N) is 3. The molecule has 1 atom stereocenters. The molecule has 1 amide bonds. The lowest BCUT2D eigenvalue weighted by molar-refractivity contribution is -0.117. The van der Waals surface area contributed by atoms with Gasteiger partial charge >= 0.3 is 0 Å². The summed E-state index contributed by atoms with van der Waals surface area (Å²) in [6.07, 6.45) is 26.4. The summed E-state index contributed by atoms with van der Waals surface area (Å²) in [5.41, 5.74) is 2.33. The standard InChI is InChI=1S/C39H63N4OPS.ClH/c1-4-7-26-45(27-8-5-2,28-9-6-3)31-32-22-24-35(25-23-32)40-38(44)37(30-36-21-16-29-46-36)43-39(41-33-17-12-10-13-18-33)42-34-19-14-11-15-20-34;/h16,21-25,29,33-34,37H,4-15,17-20,26-28,30-31H2,1-3H3,(H2-,40,41,42,43,44);1H/t37-;/m0./s1. The number of benzene rings is 1. The lowest BCUT2D eigenvalue weighted by atomic mass is 9.95. The number of aliphatic imine (C=N–C) groups is 1. The molecule has 47 heavy (non-hydrogen) atoms. The summed E-state index contributed by atoms with van der Waals surface area (Å²) in [6.45, 7) is 7.01. The van der Waals surface area contributed by atoms with Crippen molar-refractivity contribution in [3.05, 3.63) is 52.2 Å². The van der Waals surface area contributed by atoms with Crippen LogP contribution in [0.3, 0.4) is 0 Å². The topological polar surface area (TPSA) is 65.5 Å². The van der Waals surface area contributed by atoms with Gasteiger partial charge in [-0.05, 0) is 74.1 Å². The highest BCUT2D eigenvalue weighted by Crippen LogP contribution is 2.63. The van der Waals surface area contributed by atoms with Gasteiger partial charge in [-0.3, -0.25) is 4.79 Å². The first-order valence-electron chi connectivity index (χ1n) is 18.9. The molecule has 1 aromatic heterocycles. The Kier molecular flexibility index (Phi) is 18.8. The molecule has 2 aliphatic carbocycles. The van der Waals surface area contributed by atoms with E-state index in [1.165, 1.54) is 125 Å². The number of nitrogens with zero attached hydrogens (tertiary/aromatic N) is 1. The van der Waals surface area contributed by atoms with Crippen molar-refractivity contribution >= 4 is 36.2 Å². The zero-order valence-electron chi connectivity index (χ0n) is 29.7. The van der Waals surface area contributed by atoms with E-state index < -0.39 is 13.3 Å². The second-order valence-electron chi connectivity index (χ2n) is 14.1. The smallest absolute Gasteiger partial charge is 0.247 e. The third-order valence-electron chi connectivity index (χ3n) is 10.1. The molecule has 0 spiro atoms. The Hall–Kier alpha value is -1.62. The number of anilines is 1. The summed E-state index contributed by atoms with van der Waals surface area (Å²) in [7, 11) is -1.02. The van der Waals surface area contributed by atoms with Crippen molar-refractivity contribution in [2.24, 2.45) is 4.99 Å². The molecule has 5 nitrogen and oxygen atoms in total. The van der Waals surface area contributed by atoms with E-state index in [4.69, 9.17) is 4.99 Å². The molecular weight excluding hydrogens is 639 g/mol. The fraction of sp³-hybridized carbons (Fsp3) is 0.692. The lowest BCUT2D eigenvalue weighted by Crippen LogP contribution is -3.00. The highest BCUT2D eigenvalue weighted by Gasteiger charge is 2.35. The molecule has 8 heteroatoms. The van der Waals surface area contributed by atoms with Crippen LogP contribution in [0.5, 0.6) is 0 Å². The molecule has 2 aliphatic rings. The van der Waals surface area contributed by atoms with Gasteiger partial charge in [0.15, 0.2) is 5.96 Å². The van der Waals surface area contributed by atoms with Gasteiger partial charge in [-0.2, -0.15) is 0 Å². The zero-order chi connectivity index (χ0) is 32.5. The quantitative estimate of drug-likeness (QED) is 0.0861. The second kappa shape index (κ2) is 22.2. The van der Waals surface area contributed by atoms with E-state index in [9.17, 15) is 4.79 Å². The van der Waals surface area contributed by atoms with Crippen molar-refractivity contribution in [3.8, 4) is 0 Å². The van der Waals surface area contributed by atoms with Crippen LogP contribution in [-0.2, 0) is 17.4 Å². The Morgan fingerprint density at radius 2 is 1.45 bits per heavy atom. The molecule has 0 aliphatic heterocycles. The number of guanidine groups is 1. The van der Waals surface area contributed by atoms with Crippen molar-refractivity contribution < 1.29 is 17.2 Å². The van der Waals surface area contributed by atoms with Crippen molar-refractivity contribution in [2.45, 2.75) is 154 Å². The van der Waals surface area contributed by atoms with Gasteiger partial charge in [-0.25, -0.2) is 4.99 Å². The second-order valence-corrected chi connectivity index (χ2v) is 19.5. The minimum Gasteiger partial charge on any atom is -1.00 e. The van der Waals surface area contributed by atoms with Gasteiger partial charge in [0, 0.05) is 30.3 Å². The van der Waals surface area contributed by atoms with Crippen LogP contribution in [0, 0.1) is 0 Å². The van der Waals surface area contributed by atoms with E-state index in [2.05, 4.69) is 78.5 Å². The molecule has 2 aromatic rings. The van der Waals surface area contributed by atoms with E-state index in [1.54, 1.807) is 11.3 Å². The van der Waals surface area contributed by atoms with Crippen LogP contribution >= 0.6 is 18.6 Å². The summed E-state index contributed by atoms with van der Waals surface area (Å²) in [6, 6.07) is 13.5. The highest BCUT2D eigenvalue weighted by molar-refractivity contribution is 7.75. The van der Waals surface area contributed by atoms with Gasteiger partial charge in [-0.1, -0.05) is 96.8 Å². The maximum absolute atomic E-state index is 14.0. The molecule has 1 heterocycles. The lowest BCUT2D eigenvalue weighted by Gasteiger charge is -2.29. The minimum absolute atomic E-state index is 0. The highest BCUT2D eigenvalue weighted by atomic mass is 35.5. The molecule has 2 fully saturated rings. The Bertz CT molecular complexity index is 1120. The SMILES string of the molecule is CCCC[P+](CCCC)(CCCC)Cc1ccc(NC(=O)[C@H](Cc2cccs2)NC(=NC2CCCCC2)NC2CCCCC2)cc1.[Cl-]. The Balaban J connectivity index is 0.00000600. The van der Waals surface area contributed by atoms with Crippen LogP contribution in [0.1, 0.15) is 134 Å². The summed E-state index contributed by atoms with van der Waals surface area (Å²) in [5, 5.41) is 12.8. The Labute approximate surface area is 298 Å². The van der Waals surface area contributed by atoms with Gasteiger partial charge in [0.1, 0.15) is 6.04 Å². The zero-order valence-corrected chi connectivity index (χ0v) is 32.2. The molecule has 0 radical (unpaired) electrons. The Morgan fingerprint density at radius 1 is 0.851 bits per heavy atom. The monoisotopic (exact) mass is 702 g/mol. The fourth-order valence-corrected chi connectivity index (χ4v) is 13.2. The predicted octanol–water partition coefficient (Wildman–Crippen LogP) is 7.42. The number of hydrogen-bond donors (Lipinski definition) is 3. The summed E-state index contributed by atoms with van der Waals surface area (Å²) >= 11 is 1.72. The number of carbonyl (C=O) groups is 1. The van der Waals surface area contributed by atoms with Crippen LogP contribution in [0.4, 0.5) is 5.69 Å². The first kappa shape index (κ1) is 39.8. The maximum atomic E-state index is 14.0. The summed E-state index contributed by atoms with van der Waals surface area (Å²) < 4.78 is 0. The van der Waals surface area contributed by atoms with E-state index in [0.29, 0.717) is 18.5 Å². The van der Waals surface area contributed by atoms with Gasteiger partial charge in [-0.15, -0.1) is 11.3 Å². The molecular formula is C39H64ClN4OPS. The number of amides is 1. The van der Waals surface area contributed by atoms with Crippen molar-refractivity contribution in [2.75, 3.05) is 23.8 Å². The largest absolute Gasteiger partial charge is 1.00 e. The molecule has 1 aromatic carbocycles. The van der Waals surface area contributed by atoms with Gasteiger partial charge in [0.2, 0.25) is 5.91 Å². The van der Waals surface area contributed by atoms with E-state index in [1.807, 2.05) is 0 Å². The van der Waals surface area contributed by atoms with E-state index in [0.717, 1.165) is 24.5 Å². The molecule has 0 saturated heterocycles. The number of rotatable bonds is 18. The van der Waals surface area contributed by atoms with Crippen molar-refractivity contribution in [1.82, 2.24) is 10.6 Å². The third-order valence-corrected chi connectivity index (χ3v) is 15.9.